The first kappa shape index (κ1) is 10.8. The van der Waals surface area contributed by atoms with Crippen LogP contribution in [0.5, 0.6) is 0 Å². The fourth-order valence-corrected chi connectivity index (χ4v) is 1.58. The lowest BCUT2D eigenvalue weighted by Gasteiger charge is -2.11. The van der Waals surface area contributed by atoms with E-state index in [2.05, 4.69) is 28.3 Å². The number of nitrogens with one attached hydrogen (secondary N) is 1. The van der Waals surface area contributed by atoms with Crippen LogP contribution in [0.3, 0.4) is 0 Å². The van der Waals surface area contributed by atoms with Crippen molar-refractivity contribution in [2.24, 2.45) is 0 Å². The Morgan fingerprint density at radius 2 is 2.12 bits per heavy atom. The van der Waals surface area contributed by atoms with Crippen molar-refractivity contribution in [1.82, 2.24) is 19.9 Å². The van der Waals surface area contributed by atoms with Crippen LogP contribution in [-0.2, 0) is 0 Å². The Morgan fingerprint density at radius 1 is 1.31 bits per heavy atom. The van der Waals surface area contributed by atoms with Gasteiger partial charge in [-0.3, -0.25) is 4.57 Å². The third kappa shape index (κ3) is 1.97. The zero-order valence-corrected chi connectivity index (χ0v) is 9.81. The van der Waals surface area contributed by atoms with Crippen LogP contribution in [0.1, 0.15) is 24.4 Å². The number of hydrogen-bond donors (Lipinski definition) is 1. The average molecular weight is 216 g/mol. The maximum Gasteiger partial charge on any atom is 0.137 e. The summed E-state index contributed by atoms with van der Waals surface area (Å²) in [6.07, 6.45) is 5.59. The van der Waals surface area contributed by atoms with E-state index in [1.807, 2.05) is 37.0 Å². The van der Waals surface area contributed by atoms with E-state index < -0.39 is 0 Å². The van der Waals surface area contributed by atoms with Gasteiger partial charge in [-0.1, -0.05) is 6.07 Å². The molecule has 0 aliphatic heterocycles. The summed E-state index contributed by atoms with van der Waals surface area (Å²) in [7, 11) is 1.94. The number of nitrogens with zero attached hydrogens (tertiary/aromatic N) is 3. The Balaban J connectivity index is 2.30. The third-order valence-electron chi connectivity index (χ3n) is 2.78. The van der Waals surface area contributed by atoms with Crippen molar-refractivity contribution in [2.45, 2.75) is 19.9 Å². The van der Waals surface area contributed by atoms with E-state index in [1.54, 1.807) is 6.20 Å². The van der Waals surface area contributed by atoms with Crippen molar-refractivity contribution in [3.8, 4) is 5.82 Å². The van der Waals surface area contributed by atoms with Crippen molar-refractivity contribution < 1.29 is 0 Å². The van der Waals surface area contributed by atoms with Crippen LogP contribution >= 0.6 is 0 Å². The van der Waals surface area contributed by atoms with E-state index in [0.717, 1.165) is 11.6 Å². The van der Waals surface area contributed by atoms with Crippen molar-refractivity contribution in [2.75, 3.05) is 7.05 Å². The maximum atomic E-state index is 4.43. The average Bonchev–Trinajstić information content (AvgIpc) is 2.75. The minimum Gasteiger partial charge on any atom is -0.313 e. The first-order valence-electron chi connectivity index (χ1n) is 5.36. The van der Waals surface area contributed by atoms with Gasteiger partial charge in [-0.05, 0) is 32.5 Å². The summed E-state index contributed by atoms with van der Waals surface area (Å²) in [6.45, 7) is 4.07. The molecule has 0 saturated heterocycles. The number of aryl methyl sites for hydroxylation is 1. The van der Waals surface area contributed by atoms with Crippen LogP contribution in [0.4, 0.5) is 0 Å². The van der Waals surface area contributed by atoms with Crippen molar-refractivity contribution in [1.29, 1.82) is 0 Å². The van der Waals surface area contributed by atoms with Crippen molar-refractivity contribution in [3.05, 3.63) is 42.1 Å². The molecule has 1 atom stereocenters. The summed E-state index contributed by atoms with van der Waals surface area (Å²) in [6, 6.07) is 4.42. The highest BCUT2D eigenvalue weighted by atomic mass is 15.1. The van der Waals surface area contributed by atoms with E-state index in [4.69, 9.17) is 0 Å². The molecule has 0 fully saturated rings. The van der Waals surface area contributed by atoms with Gasteiger partial charge in [-0.15, -0.1) is 0 Å². The van der Waals surface area contributed by atoms with Gasteiger partial charge in [-0.2, -0.15) is 0 Å². The van der Waals surface area contributed by atoms with E-state index in [0.29, 0.717) is 6.04 Å². The quantitative estimate of drug-likeness (QED) is 0.851. The maximum absolute atomic E-state index is 4.43. The molecule has 84 valence electrons. The molecule has 2 rings (SSSR count). The molecule has 4 nitrogen and oxygen atoms in total. The first-order chi connectivity index (χ1) is 7.72. The Bertz CT molecular complexity index is 458. The standard InChI is InChI=1S/C12H16N4/c1-9(13-3)11-4-5-12(15-8-11)16-7-6-14-10(16)2/h4-9,13H,1-3H3. The molecule has 0 saturated carbocycles. The summed E-state index contributed by atoms with van der Waals surface area (Å²) in [5.74, 6) is 1.85. The highest BCUT2D eigenvalue weighted by molar-refractivity contribution is 5.28. The molecule has 0 amide bonds. The van der Waals surface area contributed by atoms with Gasteiger partial charge < -0.3 is 5.32 Å². The molecular weight excluding hydrogens is 200 g/mol. The summed E-state index contributed by atoms with van der Waals surface area (Å²) < 4.78 is 1.97. The number of aromatic nitrogens is 3. The highest BCUT2D eigenvalue weighted by Gasteiger charge is 2.05. The molecule has 0 aromatic carbocycles. The third-order valence-corrected chi connectivity index (χ3v) is 2.78. The van der Waals surface area contributed by atoms with Gasteiger partial charge >= 0.3 is 0 Å². The fourth-order valence-electron chi connectivity index (χ4n) is 1.58. The Hall–Kier alpha value is -1.68. The summed E-state index contributed by atoms with van der Waals surface area (Å²) in [5, 5.41) is 3.19. The Kier molecular flexibility index (Phi) is 3.01. The van der Waals surface area contributed by atoms with Gasteiger partial charge in [-0.25, -0.2) is 9.97 Å². The summed E-state index contributed by atoms with van der Waals surface area (Å²) in [5.41, 5.74) is 1.18. The van der Waals surface area contributed by atoms with Gasteiger partial charge in [0, 0.05) is 24.6 Å². The van der Waals surface area contributed by atoms with Crippen LogP contribution in [0.25, 0.3) is 5.82 Å². The number of pyridine rings is 1. The predicted molar refractivity (Wildman–Crippen MR) is 63.6 cm³/mol. The monoisotopic (exact) mass is 216 g/mol. The topological polar surface area (TPSA) is 42.7 Å². The van der Waals surface area contributed by atoms with Crippen LogP contribution in [-0.4, -0.2) is 21.6 Å². The van der Waals surface area contributed by atoms with Crippen LogP contribution in [0.2, 0.25) is 0 Å². The minimum absolute atomic E-state index is 0.324. The molecule has 4 heteroatoms. The summed E-state index contributed by atoms with van der Waals surface area (Å²) in [4.78, 5) is 8.61. The first-order valence-corrected chi connectivity index (χ1v) is 5.36. The lowest BCUT2D eigenvalue weighted by molar-refractivity contribution is 0.649. The second kappa shape index (κ2) is 4.45. The number of imidazole rings is 1. The molecule has 0 radical (unpaired) electrons. The predicted octanol–water partition coefficient (Wildman–Crippen LogP) is 1.86. The van der Waals surface area contributed by atoms with Crippen LogP contribution < -0.4 is 5.32 Å². The van der Waals surface area contributed by atoms with E-state index in [9.17, 15) is 0 Å². The van der Waals surface area contributed by atoms with Crippen LogP contribution in [0, 0.1) is 6.92 Å². The SMILES string of the molecule is CNC(C)c1ccc(-n2ccnc2C)nc1. The smallest absolute Gasteiger partial charge is 0.137 e. The van der Waals surface area contributed by atoms with Gasteiger partial charge in [0.2, 0.25) is 0 Å². The molecule has 2 aromatic rings. The molecule has 16 heavy (non-hydrogen) atoms. The van der Waals surface area contributed by atoms with E-state index >= 15 is 0 Å². The molecular formula is C12H16N4. The lowest BCUT2D eigenvalue weighted by Crippen LogP contribution is -2.12. The largest absolute Gasteiger partial charge is 0.313 e. The highest BCUT2D eigenvalue weighted by Crippen LogP contribution is 2.13. The van der Waals surface area contributed by atoms with Gasteiger partial charge in [0.1, 0.15) is 11.6 Å². The van der Waals surface area contributed by atoms with Gasteiger partial charge in [0.05, 0.1) is 0 Å². The second-order valence-corrected chi connectivity index (χ2v) is 3.80. The van der Waals surface area contributed by atoms with Crippen molar-refractivity contribution in [3.63, 3.8) is 0 Å². The van der Waals surface area contributed by atoms with Crippen molar-refractivity contribution >= 4 is 0 Å². The fraction of sp³-hybridized carbons (Fsp3) is 0.333. The van der Waals surface area contributed by atoms with Crippen LogP contribution in [0.15, 0.2) is 30.7 Å². The zero-order chi connectivity index (χ0) is 11.5. The normalized spacial score (nSPS) is 12.7. The molecule has 0 bridgehead atoms. The molecule has 0 spiro atoms. The Labute approximate surface area is 95.4 Å². The van der Waals surface area contributed by atoms with E-state index in [-0.39, 0.29) is 0 Å². The summed E-state index contributed by atoms with van der Waals surface area (Å²) >= 11 is 0. The lowest BCUT2D eigenvalue weighted by atomic mass is 10.1. The van der Waals surface area contributed by atoms with E-state index in [1.165, 1.54) is 5.56 Å². The molecule has 1 unspecified atom stereocenters. The number of hydrogen-bond acceptors (Lipinski definition) is 3. The second-order valence-electron chi connectivity index (χ2n) is 3.80. The molecule has 2 aromatic heterocycles. The van der Waals surface area contributed by atoms with Gasteiger partial charge in [0.15, 0.2) is 0 Å². The molecule has 2 heterocycles. The van der Waals surface area contributed by atoms with Gasteiger partial charge in [0.25, 0.3) is 0 Å². The minimum atomic E-state index is 0.324. The Morgan fingerprint density at radius 3 is 2.62 bits per heavy atom. The molecule has 0 aliphatic carbocycles. The molecule has 1 N–H and O–H groups in total. The molecule has 0 aliphatic rings. The number of rotatable bonds is 3. The zero-order valence-electron chi connectivity index (χ0n) is 9.81.